The highest BCUT2D eigenvalue weighted by atomic mass is 16.6. The van der Waals surface area contributed by atoms with Crippen molar-refractivity contribution in [1.29, 1.82) is 0 Å². The minimum atomic E-state index is -0.483. The monoisotopic (exact) mass is 359 g/mol. The first-order valence-corrected chi connectivity index (χ1v) is 8.74. The normalized spacial score (nSPS) is 17.3. The van der Waals surface area contributed by atoms with Crippen LogP contribution in [0.3, 0.4) is 0 Å². The fourth-order valence-corrected chi connectivity index (χ4v) is 2.88. The van der Waals surface area contributed by atoms with Gasteiger partial charge in [0.15, 0.2) is 11.6 Å². The summed E-state index contributed by atoms with van der Waals surface area (Å²) in [4.78, 5) is 13.9. The van der Waals surface area contributed by atoms with Gasteiger partial charge in [-0.15, -0.1) is 0 Å². The van der Waals surface area contributed by atoms with E-state index in [2.05, 4.69) is 5.16 Å². The summed E-state index contributed by atoms with van der Waals surface area (Å²) in [5, 5.41) is 3.72. The minimum absolute atomic E-state index is 0.260. The average Bonchev–Trinajstić information content (AvgIpc) is 3.21. The van der Waals surface area contributed by atoms with Crippen LogP contribution in [-0.4, -0.2) is 41.4 Å². The van der Waals surface area contributed by atoms with Gasteiger partial charge in [0, 0.05) is 25.1 Å². The van der Waals surface area contributed by atoms with Gasteiger partial charge in [-0.1, -0.05) is 17.3 Å². The number of nitrogens with two attached hydrogens (primary N) is 1. The molecule has 26 heavy (non-hydrogen) atoms. The Labute approximate surface area is 153 Å². The van der Waals surface area contributed by atoms with E-state index in [4.69, 9.17) is 19.7 Å². The van der Waals surface area contributed by atoms with Crippen LogP contribution >= 0.6 is 0 Å². The number of nitrogens with zero attached hydrogens (tertiary/aromatic N) is 2. The molecule has 0 aliphatic carbocycles. The second-order valence-corrected chi connectivity index (χ2v) is 7.50. The van der Waals surface area contributed by atoms with Crippen LogP contribution in [0.4, 0.5) is 10.6 Å². The molecule has 1 saturated heterocycles. The van der Waals surface area contributed by atoms with Crippen LogP contribution in [0.5, 0.6) is 5.75 Å². The van der Waals surface area contributed by atoms with Crippen molar-refractivity contribution in [3.63, 3.8) is 0 Å². The van der Waals surface area contributed by atoms with E-state index in [0.717, 1.165) is 12.0 Å². The summed E-state index contributed by atoms with van der Waals surface area (Å²) in [5.74, 6) is 1.87. The zero-order valence-corrected chi connectivity index (χ0v) is 15.4. The molecule has 2 heterocycles. The van der Waals surface area contributed by atoms with Gasteiger partial charge in [-0.2, -0.15) is 0 Å². The molecule has 1 aliphatic rings. The molecule has 1 fully saturated rings. The molecule has 1 amide bonds. The lowest BCUT2D eigenvalue weighted by atomic mass is 10.1. The van der Waals surface area contributed by atoms with E-state index >= 15 is 0 Å². The predicted octanol–water partition coefficient (Wildman–Crippen LogP) is 3.56. The molecule has 7 heteroatoms. The first kappa shape index (κ1) is 18.1. The molecule has 1 aromatic heterocycles. The van der Waals surface area contributed by atoms with Crippen molar-refractivity contribution >= 4 is 11.9 Å². The summed E-state index contributed by atoms with van der Waals surface area (Å²) in [6, 6.07) is 9.26. The second-order valence-electron chi connectivity index (χ2n) is 7.50. The zero-order chi connectivity index (χ0) is 18.7. The molecule has 140 valence electrons. The maximum atomic E-state index is 12.2. The highest BCUT2D eigenvalue weighted by molar-refractivity contribution is 5.68. The maximum absolute atomic E-state index is 12.2. The van der Waals surface area contributed by atoms with Gasteiger partial charge >= 0.3 is 6.09 Å². The van der Waals surface area contributed by atoms with Gasteiger partial charge in [0.1, 0.15) is 11.4 Å². The van der Waals surface area contributed by atoms with Gasteiger partial charge < -0.3 is 24.6 Å². The molecule has 1 aromatic carbocycles. The molecule has 2 N–H and O–H groups in total. The summed E-state index contributed by atoms with van der Waals surface area (Å²) in [6.07, 6.45) is 0.619. The predicted molar refractivity (Wildman–Crippen MR) is 97.8 cm³/mol. The number of benzene rings is 1. The Bertz CT molecular complexity index is 766. The van der Waals surface area contributed by atoms with Gasteiger partial charge in [-0.25, -0.2) is 4.79 Å². The highest BCUT2D eigenvalue weighted by Crippen LogP contribution is 2.31. The van der Waals surface area contributed by atoms with E-state index in [9.17, 15) is 4.79 Å². The number of anilines is 1. The van der Waals surface area contributed by atoms with Crippen molar-refractivity contribution in [2.45, 2.75) is 32.8 Å². The summed E-state index contributed by atoms with van der Waals surface area (Å²) < 4.78 is 16.7. The lowest BCUT2D eigenvalue weighted by Crippen LogP contribution is -2.35. The number of aromatic nitrogens is 1. The van der Waals surface area contributed by atoms with E-state index in [0.29, 0.717) is 37.0 Å². The van der Waals surface area contributed by atoms with Crippen LogP contribution in [0.2, 0.25) is 0 Å². The van der Waals surface area contributed by atoms with E-state index in [1.807, 2.05) is 45.0 Å². The number of nitrogen functional groups attached to an aromatic ring is 1. The van der Waals surface area contributed by atoms with Crippen molar-refractivity contribution < 1.29 is 18.8 Å². The number of hydrogen-bond donors (Lipinski definition) is 1. The Hall–Kier alpha value is -2.70. The largest absolute Gasteiger partial charge is 0.492 e. The molecular weight excluding hydrogens is 334 g/mol. The van der Waals surface area contributed by atoms with Crippen molar-refractivity contribution in [2.24, 2.45) is 5.92 Å². The Balaban J connectivity index is 1.58. The van der Waals surface area contributed by atoms with Crippen molar-refractivity contribution in [2.75, 3.05) is 25.4 Å². The number of hydrogen-bond acceptors (Lipinski definition) is 6. The molecule has 7 nitrogen and oxygen atoms in total. The number of carbonyl (C=O) groups is 1. The van der Waals surface area contributed by atoms with Crippen LogP contribution in [0.25, 0.3) is 11.3 Å². The van der Waals surface area contributed by atoms with E-state index < -0.39 is 5.60 Å². The van der Waals surface area contributed by atoms with Crippen LogP contribution in [0, 0.1) is 5.92 Å². The third-order valence-corrected chi connectivity index (χ3v) is 4.09. The molecule has 2 aromatic rings. The van der Waals surface area contributed by atoms with Crippen molar-refractivity contribution in [3.8, 4) is 17.1 Å². The van der Waals surface area contributed by atoms with Gasteiger partial charge in [-0.05, 0) is 39.3 Å². The van der Waals surface area contributed by atoms with Crippen LogP contribution < -0.4 is 10.5 Å². The third kappa shape index (κ3) is 4.47. The van der Waals surface area contributed by atoms with Gasteiger partial charge in [0.2, 0.25) is 0 Å². The SMILES string of the molecule is CC(C)(C)OC(=O)N1CCC(COc2ccccc2-c2cc(N)no2)C1. The van der Waals surface area contributed by atoms with Crippen molar-refractivity contribution in [1.82, 2.24) is 10.1 Å². The molecule has 0 spiro atoms. The maximum Gasteiger partial charge on any atom is 0.410 e. The summed E-state index contributed by atoms with van der Waals surface area (Å²) in [6.45, 7) is 7.44. The zero-order valence-electron chi connectivity index (χ0n) is 15.4. The quantitative estimate of drug-likeness (QED) is 0.897. The third-order valence-electron chi connectivity index (χ3n) is 4.09. The number of para-hydroxylation sites is 1. The van der Waals surface area contributed by atoms with E-state index in [-0.39, 0.29) is 12.0 Å². The molecule has 3 rings (SSSR count). The molecular formula is C19H25N3O4. The first-order chi connectivity index (χ1) is 12.3. The highest BCUT2D eigenvalue weighted by Gasteiger charge is 2.30. The van der Waals surface area contributed by atoms with E-state index in [1.165, 1.54) is 0 Å². The lowest BCUT2D eigenvalue weighted by molar-refractivity contribution is 0.0285. The Morgan fingerprint density at radius 2 is 2.15 bits per heavy atom. The van der Waals surface area contributed by atoms with Crippen LogP contribution in [0.1, 0.15) is 27.2 Å². The van der Waals surface area contributed by atoms with Gasteiger partial charge in [-0.3, -0.25) is 0 Å². The number of ether oxygens (including phenoxy) is 2. The molecule has 0 radical (unpaired) electrons. The smallest absolute Gasteiger partial charge is 0.410 e. The fraction of sp³-hybridized carbons (Fsp3) is 0.474. The van der Waals surface area contributed by atoms with Gasteiger partial charge in [0.25, 0.3) is 0 Å². The average molecular weight is 359 g/mol. The molecule has 0 saturated carbocycles. The van der Waals surface area contributed by atoms with Gasteiger partial charge in [0.05, 0.1) is 12.2 Å². The lowest BCUT2D eigenvalue weighted by Gasteiger charge is -2.24. The fourth-order valence-electron chi connectivity index (χ4n) is 2.88. The first-order valence-electron chi connectivity index (χ1n) is 8.74. The Kier molecular flexibility index (Phi) is 5.06. The summed E-state index contributed by atoms with van der Waals surface area (Å²) >= 11 is 0. The minimum Gasteiger partial charge on any atom is -0.492 e. The molecule has 1 atom stereocenters. The van der Waals surface area contributed by atoms with E-state index in [1.54, 1.807) is 11.0 Å². The number of rotatable bonds is 4. The molecule has 1 aliphatic heterocycles. The summed E-state index contributed by atoms with van der Waals surface area (Å²) in [7, 11) is 0. The Morgan fingerprint density at radius 3 is 2.85 bits per heavy atom. The molecule has 1 unspecified atom stereocenters. The Morgan fingerprint density at radius 1 is 1.38 bits per heavy atom. The van der Waals surface area contributed by atoms with Crippen LogP contribution in [-0.2, 0) is 4.74 Å². The number of likely N-dealkylation sites (tertiary alicyclic amines) is 1. The number of carbonyl (C=O) groups excluding carboxylic acids is 1. The van der Waals surface area contributed by atoms with Crippen LogP contribution in [0.15, 0.2) is 34.9 Å². The standard InChI is InChI=1S/C19H25N3O4/c1-19(2,3)25-18(23)22-9-8-13(11-22)12-24-15-7-5-4-6-14(15)16-10-17(20)21-26-16/h4-7,10,13H,8-9,11-12H2,1-3H3,(H2,20,21). The molecule has 0 bridgehead atoms. The van der Waals surface area contributed by atoms with Crippen molar-refractivity contribution in [3.05, 3.63) is 30.3 Å². The topological polar surface area (TPSA) is 90.8 Å². The number of amides is 1. The summed E-state index contributed by atoms with van der Waals surface area (Å²) in [5.41, 5.74) is 5.95. The second kappa shape index (κ2) is 7.27.